The minimum Gasteiger partial charge on any atom is -0.496 e. The molecule has 2 nitrogen and oxygen atoms in total. The molecule has 1 aliphatic carbocycles. The standard InChI is InChI=1S/C16H24FNO/c1-11(2)9-18-10-12-4-6-14(12)15-8-13(17)5-7-16(15)19-3/h5,7-8,11-12,14,18H,4,6,9-10H2,1-3H3. The summed E-state index contributed by atoms with van der Waals surface area (Å²) >= 11 is 0. The summed E-state index contributed by atoms with van der Waals surface area (Å²) in [6.45, 7) is 6.48. The molecule has 0 amide bonds. The molecule has 0 spiro atoms. The number of ether oxygens (including phenoxy) is 1. The van der Waals surface area contributed by atoms with Gasteiger partial charge in [0, 0.05) is 5.56 Å². The minimum atomic E-state index is -0.170. The second-order valence-electron chi connectivity index (χ2n) is 5.88. The van der Waals surface area contributed by atoms with Crippen LogP contribution in [-0.4, -0.2) is 20.2 Å². The van der Waals surface area contributed by atoms with Crippen LogP contribution in [-0.2, 0) is 0 Å². The van der Waals surface area contributed by atoms with Crippen LogP contribution >= 0.6 is 0 Å². The molecule has 0 heterocycles. The Labute approximate surface area is 115 Å². The maximum Gasteiger partial charge on any atom is 0.123 e. The zero-order valence-electron chi connectivity index (χ0n) is 12.1. The Bertz CT molecular complexity index is 419. The van der Waals surface area contributed by atoms with Crippen LogP contribution in [0.25, 0.3) is 0 Å². The maximum atomic E-state index is 13.4. The van der Waals surface area contributed by atoms with Crippen LogP contribution in [0, 0.1) is 17.7 Å². The van der Waals surface area contributed by atoms with E-state index in [1.165, 1.54) is 12.5 Å². The molecule has 2 rings (SSSR count). The minimum absolute atomic E-state index is 0.170. The van der Waals surface area contributed by atoms with Crippen LogP contribution in [0.3, 0.4) is 0 Å². The van der Waals surface area contributed by atoms with Crippen molar-refractivity contribution < 1.29 is 9.13 Å². The lowest BCUT2D eigenvalue weighted by Crippen LogP contribution is -2.35. The highest BCUT2D eigenvalue weighted by atomic mass is 19.1. The van der Waals surface area contributed by atoms with E-state index in [0.29, 0.717) is 17.8 Å². The van der Waals surface area contributed by atoms with Gasteiger partial charge in [0.1, 0.15) is 11.6 Å². The first-order chi connectivity index (χ1) is 9.11. The first-order valence-electron chi connectivity index (χ1n) is 7.16. The van der Waals surface area contributed by atoms with Gasteiger partial charge in [-0.15, -0.1) is 0 Å². The Morgan fingerprint density at radius 2 is 2.16 bits per heavy atom. The van der Waals surface area contributed by atoms with Crippen molar-refractivity contribution in [1.82, 2.24) is 5.32 Å². The van der Waals surface area contributed by atoms with Crippen molar-refractivity contribution >= 4 is 0 Å². The number of hydrogen-bond donors (Lipinski definition) is 1. The average Bonchev–Trinajstić information content (AvgIpc) is 2.33. The predicted molar refractivity (Wildman–Crippen MR) is 76.1 cm³/mol. The fourth-order valence-electron chi connectivity index (χ4n) is 2.78. The quantitative estimate of drug-likeness (QED) is 0.849. The topological polar surface area (TPSA) is 21.3 Å². The number of benzene rings is 1. The Balaban J connectivity index is 1.99. The molecule has 1 N–H and O–H groups in total. The summed E-state index contributed by atoms with van der Waals surface area (Å²) in [4.78, 5) is 0. The Kier molecular flexibility index (Phi) is 4.81. The number of halogens is 1. The second kappa shape index (κ2) is 6.38. The van der Waals surface area contributed by atoms with Crippen molar-refractivity contribution in [3.05, 3.63) is 29.6 Å². The van der Waals surface area contributed by atoms with Crippen LogP contribution < -0.4 is 10.1 Å². The van der Waals surface area contributed by atoms with E-state index in [2.05, 4.69) is 19.2 Å². The summed E-state index contributed by atoms with van der Waals surface area (Å²) in [6.07, 6.45) is 2.35. The lowest BCUT2D eigenvalue weighted by atomic mass is 9.69. The van der Waals surface area contributed by atoms with Gasteiger partial charge >= 0.3 is 0 Å². The van der Waals surface area contributed by atoms with Gasteiger partial charge in [-0.2, -0.15) is 0 Å². The summed E-state index contributed by atoms with van der Waals surface area (Å²) in [6, 6.07) is 4.84. The van der Waals surface area contributed by atoms with E-state index in [9.17, 15) is 4.39 Å². The first kappa shape index (κ1) is 14.3. The maximum absolute atomic E-state index is 13.4. The van der Waals surface area contributed by atoms with Crippen molar-refractivity contribution in [2.75, 3.05) is 20.2 Å². The highest BCUT2D eigenvalue weighted by molar-refractivity contribution is 5.38. The van der Waals surface area contributed by atoms with Crippen molar-refractivity contribution in [2.45, 2.75) is 32.6 Å². The van der Waals surface area contributed by atoms with Crippen LogP contribution in [0.5, 0.6) is 5.75 Å². The van der Waals surface area contributed by atoms with Crippen molar-refractivity contribution in [1.29, 1.82) is 0 Å². The molecule has 0 bridgehead atoms. The number of nitrogens with one attached hydrogen (secondary N) is 1. The third-order valence-electron chi connectivity index (χ3n) is 3.97. The monoisotopic (exact) mass is 265 g/mol. The molecule has 1 saturated carbocycles. The van der Waals surface area contributed by atoms with Gasteiger partial charge < -0.3 is 10.1 Å². The lowest BCUT2D eigenvalue weighted by molar-refractivity contribution is 0.237. The van der Waals surface area contributed by atoms with E-state index >= 15 is 0 Å². The molecule has 1 aromatic carbocycles. The van der Waals surface area contributed by atoms with Crippen LogP contribution in [0.4, 0.5) is 4.39 Å². The molecule has 0 aromatic heterocycles. The van der Waals surface area contributed by atoms with Gasteiger partial charge in [0.15, 0.2) is 0 Å². The van der Waals surface area contributed by atoms with Gasteiger partial charge in [0.05, 0.1) is 7.11 Å². The van der Waals surface area contributed by atoms with Gasteiger partial charge in [-0.3, -0.25) is 0 Å². The Hall–Kier alpha value is -1.09. The highest BCUT2D eigenvalue weighted by Crippen LogP contribution is 2.45. The molecule has 2 unspecified atom stereocenters. The van der Waals surface area contributed by atoms with Gasteiger partial charge in [-0.1, -0.05) is 13.8 Å². The van der Waals surface area contributed by atoms with Gasteiger partial charge in [0.25, 0.3) is 0 Å². The number of rotatable bonds is 6. The molecule has 1 aliphatic rings. The van der Waals surface area contributed by atoms with E-state index in [0.717, 1.165) is 30.8 Å². The Morgan fingerprint density at radius 1 is 1.37 bits per heavy atom. The molecule has 0 aliphatic heterocycles. The van der Waals surface area contributed by atoms with Crippen molar-refractivity contribution in [2.24, 2.45) is 11.8 Å². The molecule has 0 saturated heterocycles. The van der Waals surface area contributed by atoms with Crippen LogP contribution in [0.1, 0.15) is 38.2 Å². The third-order valence-corrected chi connectivity index (χ3v) is 3.97. The summed E-state index contributed by atoms with van der Waals surface area (Å²) in [5.41, 5.74) is 1.03. The van der Waals surface area contributed by atoms with Gasteiger partial charge in [-0.05, 0) is 61.9 Å². The van der Waals surface area contributed by atoms with E-state index < -0.39 is 0 Å². The van der Waals surface area contributed by atoms with Crippen molar-refractivity contribution in [3.8, 4) is 5.75 Å². The predicted octanol–water partition coefficient (Wildman–Crippen LogP) is 3.57. The summed E-state index contributed by atoms with van der Waals surface area (Å²) in [7, 11) is 1.65. The highest BCUT2D eigenvalue weighted by Gasteiger charge is 2.33. The zero-order chi connectivity index (χ0) is 13.8. The van der Waals surface area contributed by atoms with Gasteiger partial charge in [0.2, 0.25) is 0 Å². The molecule has 3 heteroatoms. The fourth-order valence-corrected chi connectivity index (χ4v) is 2.78. The molecule has 1 aromatic rings. The van der Waals surface area contributed by atoms with Crippen molar-refractivity contribution in [3.63, 3.8) is 0 Å². The molecule has 19 heavy (non-hydrogen) atoms. The third kappa shape index (κ3) is 3.47. The molecule has 1 fully saturated rings. The van der Waals surface area contributed by atoms with E-state index in [1.54, 1.807) is 19.2 Å². The summed E-state index contributed by atoms with van der Waals surface area (Å²) < 4.78 is 18.8. The largest absolute Gasteiger partial charge is 0.496 e. The van der Waals surface area contributed by atoms with Gasteiger partial charge in [-0.25, -0.2) is 4.39 Å². The number of hydrogen-bond acceptors (Lipinski definition) is 2. The first-order valence-corrected chi connectivity index (χ1v) is 7.16. The van der Waals surface area contributed by atoms with Crippen LogP contribution in [0.15, 0.2) is 18.2 Å². The zero-order valence-corrected chi connectivity index (χ0v) is 12.1. The summed E-state index contributed by atoms with van der Waals surface area (Å²) in [5, 5.41) is 3.50. The molecular formula is C16H24FNO. The number of methoxy groups -OCH3 is 1. The summed E-state index contributed by atoms with van der Waals surface area (Å²) in [5.74, 6) is 2.36. The van der Waals surface area contributed by atoms with E-state index in [4.69, 9.17) is 4.74 Å². The molecular weight excluding hydrogens is 241 g/mol. The average molecular weight is 265 g/mol. The molecule has 0 radical (unpaired) electrons. The normalized spacial score (nSPS) is 22.4. The van der Waals surface area contributed by atoms with E-state index in [1.807, 2.05) is 0 Å². The molecule has 106 valence electrons. The SMILES string of the molecule is COc1ccc(F)cc1C1CCC1CNCC(C)C. The smallest absolute Gasteiger partial charge is 0.123 e. The fraction of sp³-hybridized carbons (Fsp3) is 0.625. The van der Waals surface area contributed by atoms with E-state index in [-0.39, 0.29) is 5.82 Å². The Morgan fingerprint density at radius 3 is 2.74 bits per heavy atom. The van der Waals surface area contributed by atoms with Crippen LogP contribution in [0.2, 0.25) is 0 Å². The lowest BCUT2D eigenvalue weighted by Gasteiger charge is -2.38. The second-order valence-corrected chi connectivity index (χ2v) is 5.88. The molecule has 2 atom stereocenters.